The molecule has 132 valence electrons. The van der Waals surface area contributed by atoms with Gasteiger partial charge in [-0.3, -0.25) is 4.79 Å². The van der Waals surface area contributed by atoms with E-state index in [9.17, 15) is 4.79 Å². The molecule has 1 amide bonds. The number of aryl methyl sites for hydroxylation is 2. The molecule has 0 atom stereocenters. The van der Waals surface area contributed by atoms with Crippen molar-refractivity contribution in [1.29, 1.82) is 0 Å². The highest BCUT2D eigenvalue weighted by Gasteiger charge is 2.25. The maximum atomic E-state index is 12.8. The lowest BCUT2D eigenvalue weighted by molar-refractivity contribution is 0.102. The molecule has 1 aliphatic heterocycles. The smallest absolute Gasteiger partial charge is 0.256 e. The van der Waals surface area contributed by atoms with Crippen molar-refractivity contribution in [2.45, 2.75) is 25.4 Å². The molecule has 0 unspecified atom stereocenters. The van der Waals surface area contributed by atoms with Crippen LogP contribution in [-0.2, 0) is 11.5 Å². The van der Waals surface area contributed by atoms with Gasteiger partial charge in [0.05, 0.1) is 11.4 Å². The molecule has 6 heteroatoms. The summed E-state index contributed by atoms with van der Waals surface area (Å²) in [5, 5.41) is 7.86. The highest BCUT2D eigenvalue weighted by Crippen LogP contribution is 2.36. The second-order valence-corrected chi connectivity index (χ2v) is 8.31. The van der Waals surface area contributed by atoms with E-state index in [1.165, 1.54) is 11.1 Å². The standard InChI is InChI=1S/C20H18BrN3OS/c1-12-3-8-16(9-13(12)2)24-19(17-10-26-11-18(17)23-24)22-20(25)14-4-6-15(21)7-5-14/h3-9H,10-11H2,1-2H3,(H,22,25). The Hall–Kier alpha value is -2.05. The van der Waals surface area contributed by atoms with Crippen molar-refractivity contribution in [3.63, 3.8) is 0 Å². The molecular formula is C20H18BrN3OS. The molecular weight excluding hydrogens is 410 g/mol. The van der Waals surface area contributed by atoms with Crippen molar-refractivity contribution in [2.24, 2.45) is 0 Å². The molecule has 1 aromatic heterocycles. The van der Waals surface area contributed by atoms with Gasteiger partial charge >= 0.3 is 0 Å². The summed E-state index contributed by atoms with van der Waals surface area (Å²) in [6.07, 6.45) is 0. The van der Waals surface area contributed by atoms with Crippen LogP contribution in [0.25, 0.3) is 5.69 Å². The first kappa shape index (κ1) is 17.4. The Morgan fingerprint density at radius 2 is 1.88 bits per heavy atom. The lowest BCUT2D eigenvalue weighted by Gasteiger charge is -2.12. The molecule has 0 saturated carbocycles. The predicted molar refractivity (Wildman–Crippen MR) is 110 cm³/mol. The monoisotopic (exact) mass is 427 g/mol. The number of hydrogen-bond acceptors (Lipinski definition) is 3. The Balaban J connectivity index is 1.74. The van der Waals surface area contributed by atoms with Crippen LogP contribution in [0.5, 0.6) is 0 Å². The van der Waals surface area contributed by atoms with Gasteiger partial charge in [0.15, 0.2) is 0 Å². The molecule has 2 aromatic carbocycles. The summed E-state index contributed by atoms with van der Waals surface area (Å²) < 4.78 is 2.82. The second-order valence-electron chi connectivity index (χ2n) is 6.41. The SMILES string of the molecule is Cc1ccc(-n2nc3c(c2NC(=O)c2ccc(Br)cc2)CSC3)cc1C. The zero-order valence-corrected chi connectivity index (χ0v) is 16.9. The quantitative estimate of drug-likeness (QED) is 0.620. The van der Waals surface area contributed by atoms with Gasteiger partial charge in [-0.2, -0.15) is 16.9 Å². The minimum atomic E-state index is -0.123. The molecule has 0 spiro atoms. The van der Waals surface area contributed by atoms with Gasteiger partial charge in [-0.15, -0.1) is 0 Å². The highest BCUT2D eigenvalue weighted by molar-refractivity contribution is 9.10. The first-order chi connectivity index (χ1) is 12.5. The van der Waals surface area contributed by atoms with Crippen LogP contribution < -0.4 is 5.32 Å². The van der Waals surface area contributed by atoms with Crippen LogP contribution in [-0.4, -0.2) is 15.7 Å². The lowest BCUT2D eigenvalue weighted by Crippen LogP contribution is -2.16. The molecule has 4 rings (SSSR count). The van der Waals surface area contributed by atoms with E-state index < -0.39 is 0 Å². The number of nitrogens with zero attached hydrogens (tertiary/aromatic N) is 2. The average Bonchev–Trinajstić information content (AvgIpc) is 3.20. The van der Waals surface area contributed by atoms with E-state index in [-0.39, 0.29) is 5.91 Å². The summed E-state index contributed by atoms with van der Waals surface area (Å²) in [6, 6.07) is 13.6. The number of amides is 1. The maximum Gasteiger partial charge on any atom is 0.256 e. The number of carbonyl (C=O) groups excluding carboxylic acids is 1. The summed E-state index contributed by atoms with van der Waals surface area (Å²) in [5.41, 5.74) is 6.22. The Morgan fingerprint density at radius 3 is 2.62 bits per heavy atom. The third kappa shape index (κ3) is 3.19. The van der Waals surface area contributed by atoms with Crippen LogP contribution >= 0.6 is 27.7 Å². The number of thioether (sulfide) groups is 1. The van der Waals surface area contributed by atoms with Gasteiger partial charge in [0.1, 0.15) is 5.82 Å². The molecule has 1 N–H and O–H groups in total. The topological polar surface area (TPSA) is 46.9 Å². The minimum Gasteiger partial charge on any atom is -0.306 e. The summed E-state index contributed by atoms with van der Waals surface area (Å²) in [4.78, 5) is 12.8. The molecule has 26 heavy (non-hydrogen) atoms. The van der Waals surface area contributed by atoms with Crippen LogP contribution in [0.1, 0.15) is 32.7 Å². The summed E-state index contributed by atoms with van der Waals surface area (Å²) >= 11 is 5.23. The summed E-state index contributed by atoms with van der Waals surface area (Å²) in [6.45, 7) is 4.18. The molecule has 4 nitrogen and oxygen atoms in total. The number of carbonyl (C=O) groups is 1. The van der Waals surface area contributed by atoms with Crippen LogP contribution in [0, 0.1) is 13.8 Å². The Bertz CT molecular complexity index is 995. The van der Waals surface area contributed by atoms with Gasteiger partial charge in [-0.25, -0.2) is 4.68 Å². The molecule has 1 aliphatic rings. The van der Waals surface area contributed by atoms with Gasteiger partial charge in [0, 0.05) is 27.1 Å². The molecule has 0 saturated heterocycles. The summed E-state index contributed by atoms with van der Waals surface area (Å²) in [7, 11) is 0. The van der Waals surface area contributed by atoms with Crippen molar-refractivity contribution in [3.8, 4) is 5.69 Å². The largest absolute Gasteiger partial charge is 0.306 e. The fourth-order valence-corrected chi connectivity index (χ4v) is 4.27. The fraction of sp³-hybridized carbons (Fsp3) is 0.200. The first-order valence-corrected chi connectivity index (χ1v) is 10.3. The zero-order chi connectivity index (χ0) is 18.3. The van der Waals surface area contributed by atoms with Crippen LogP contribution in [0.2, 0.25) is 0 Å². The molecule has 0 bridgehead atoms. The Morgan fingerprint density at radius 1 is 1.12 bits per heavy atom. The van der Waals surface area contributed by atoms with E-state index >= 15 is 0 Å². The zero-order valence-electron chi connectivity index (χ0n) is 14.5. The number of anilines is 1. The first-order valence-electron chi connectivity index (χ1n) is 8.36. The normalized spacial score (nSPS) is 12.9. The minimum absolute atomic E-state index is 0.123. The van der Waals surface area contributed by atoms with Crippen molar-refractivity contribution < 1.29 is 4.79 Å². The van der Waals surface area contributed by atoms with Crippen molar-refractivity contribution in [3.05, 3.63) is 74.9 Å². The third-order valence-electron chi connectivity index (χ3n) is 4.63. The molecule has 0 radical (unpaired) electrons. The van der Waals surface area contributed by atoms with E-state index in [1.807, 2.05) is 46.8 Å². The molecule has 0 aliphatic carbocycles. The average molecular weight is 428 g/mol. The number of fused-ring (bicyclic) bond motifs is 1. The highest BCUT2D eigenvalue weighted by atomic mass is 79.9. The number of halogens is 1. The Kier molecular flexibility index (Phi) is 4.63. The van der Waals surface area contributed by atoms with E-state index in [1.54, 1.807) is 0 Å². The number of hydrogen-bond donors (Lipinski definition) is 1. The van der Waals surface area contributed by atoms with E-state index in [0.29, 0.717) is 5.56 Å². The molecule has 3 aromatic rings. The van der Waals surface area contributed by atoms with Crippen LogP contribution in [0.3, 0.4) is 0 Å². The van der Waals surface area contributed by atoms with E-state index in [0.717, 1.165) is 38.7 Å². The molecule has 0 fully saturated rings. The maximum absolute atomic E-state index is 12.8. The van der Waals surface area contributed by atoms with Gasteiger partial charge < -0.3 is 5.32 Å². The second kappa shape index (κ2) is 6.93. The van der Waals surface area contributed by atoms with Gasteiger partial charge in [0.25, 0.3) is 5.91 Å². The van der Waals surface area contributed by atoms with E-state index in [4.69, 9.17) is 5.10 Å². The number of nitrogens with one attached hydrogen (secondary N) is 1. The number of rotatable bonds is 3. The van der Waals surface area contributed by atoms with E-state index in [2.05, 4.69) is 47.2 Å². The third-order valence-corrected chi connectivity index (χ3v) is 6.12. The van der Waals surface area contributed by atoms with Gasteiger partial charge in [-0.05, 0) is 61.4 Å². The lowest BCUT2D eigenvalue weighted by atomic mass is 10.1. The number of benzene rings is 2. The van der Waals surface area contributed by atoms with Gasteiger partial charge in [-0.1, -0.05) is 22.0 Å². The summed E-state index contributed by atoms with van der Waals surface area (Å²) in [5.74, 6) is 2.41. The van der Waals surface area contributed by atoms with Crippen LogP contribution in [0.4, 0.5) is 5.82 Å². The number of aromatic nitrogens is 2. The van der Waals surface area contributed by atoms with Crippen LogP contribution in [0.15, 0.2) is 46.9 Å². The van der Waals surface area contributed by atoms with Crippen molar-refractivity contribution in [2.75, 3.05) is 5.32 Å². The van der Waals surface area contributed by atoms with Gasteiger partial charge in [0.2, 0.25) is 0 Å². The molecule has 2 heterocycles. The Labute approximate surface area is 165 Å². The van der Waals surface area contributed by atoms with Crippen molar-refractivity contribution >= 4 is 39.4 Å². The van der Waals surface area contributed by atoms with Crippen molar-refractivity contribution in [1.82, 2.24) is 9.78 Å². The predicted octanol–water partition coefficient (Wildman–Crippen LogP) is 5.25. The fourth-order valence-electron chi connectivity index (χ4n) is 2.97.